The van der Waals surface area contributed by atoms with E-state index in [1.54, 1.807) is 6.07 Å². The van der Waals surface area contributed by atoms with E-state index in [1.807, 2.05) is 37.3 Å². The molecule has 136 valence electrons. The van der Waals surface area contributed by atoms with Gasteiger partial charge in [0.1, 0.15) is 13.2 Å². The van der Waals surface area contributed by atoms with E-state index in [4.69, 9.17) is 9.47 Å². The zero-order valence-corrected chi connectivity index (χ0v) is 15.8. The second-order valence-corrected chi connectivity index (χ2v) is 7.51. The van der Waals surface area contributed by atoms with Crippen LogP contribution in [0.1, 0.15) is 38.8 Å². The summed E-state index contributed by atoms with van der Waals surface area (Å²) in [6.45, 7) is 9.44. The largest absolute Gasteiger partial charge is 0.486 e. The van der Waals surface area contributed by atoms with Crippen LogP contribution in [0.25, 0.3) is 6.08 Å². The molecule has 1 amide bonds. The Kier molecular flexibility index (Phi) is 5.03. The quantitative estimate of drug-likeness (QED) is 0.808. The zero-order valence-electron chi connectivity index (χ0n) is 15.8. The fourth-order valence-corrected chi connectivity index (χ4v) is 2.75. The van der Waals surface area contributed by atoms with Gasteiger partial charge in [-0.15, -0.1) is 0 Å². The lowest BCUT2D eigenvalue weighted by molar-refractivity contribution is -0.112. The van der Waals surface area contributed by atoms with E-state index in [9.17, 15) is 4.79 Å². The van der Waals surface area contributed by atoms with Crippen LogP contribution in [0.15, 0.2) is 48.0 Å². The van der Waals surface area contributed by atoms with Crippen LogP contribution in [0.2, 0.25) is 0 Å². The smallest absolute Gasteiger partial charge is 0.251 e. The van der Waals surface area contributed by atoms with Crippen LogP contribution in [0, 0.1) is 0 Å². The highest BCUT2D eigenvalue weighted by molar-refractivity contribution is 6.06. The van der Waals surface area contributed by atoms with Gasteiger partial charge in [-0.25, -0.2) is 0 Å². The normalized spacial score (nSPS) is 14.1. The topological polar surface area (TPSA) is 47.6 Å². The van der Waals surface area contributed by atoms with Gasteiger partial charge in [0.05, 0.1) is 0 Å². The van der Waals surface area contributed by atoms with E-state index in [0.717, 1.165) is 5.56 Å². The van der Waals surface area contributed by atoms with Gasteiger partial charge in [-0.05, 0) is 41.7 Å². The Morgan fingerprint density at radius 1 is 1.00 bits per heavy atom. The van der Waals surface area contributed by atoms with Gasteiger partial charge in [-0.2, -0.15) is 0 Å². The van der Waals surface area contributed by atoms with Crippen LogP contribution < -0.4 is 14.8 Å². The van der Waals surface area contributed by atoms with Gasteiger partial charge in [0.15, 0.2) is 11.5 Å². The van der Waals surface area contributed by atoms with Crippen LogP contribution >= 0.6 is 0 Å². The molecule has 0 aliphatic carbocycles. The Labute approximate surface area is 154 Å². The van der Waals surface area contributed by atoms with Crippen molar-refractivity contribution in [1.29, 1.82) is 0 Å². The molecule has 2 aromatic rings. The second-order valence-electron chi connectivity index (χ2n) is 7.51. The highest BCUT2D eigenvalue weighted by Crippen LogP contribution is 2.32. The molecule has 0 bridgehead atoms. The molecule has 0 atom stereocenters. The lowest BCUT2D eigenvalue weighted by atomic mass is 9.86. The molecule has 0 radical (unpaired) electrons. The molecular weight excluding hydrogens is 326 g/mol. The summed E-state index contributed by atoms with van der Waals surface area (Å²) < 4.78 is 11.0. The average Bonchev–Trinajstić information content (AvgIpc) is 2.61. The highest BCUT2D eigenvalue weighted by atomic mass is 16.6. The van der Waals surface area contributed by atoms with Crippen molar-refractivity contribution in [2.75, 3.05) is 18.5 Å². The van der Waals surface area contributed by atoms with Crippen molar-refractivity contribution in [2.24, 2.45) is 0 Å². The standard InChI is InChI=1S/C22H25NO3/c1-15(13-16-5-7-17(8-6-16)22(2,3)4)21(24)23-18-9-10-19-20(14-18)26-12-11-25-19/h5-10,13-14H,11-12H2,1-4H3,(H,23,24). The summed E-state index contributed by atoms with van der Waals surface area (Å²) in [5.74, 6) is 1.23. The number of anilines is 1. The third-order valence-corrected chi connectivity index (χ3v) is 4.32. The molecule has 0 fully saturated rings. The summed E-state index contributed by atoms with van der Waals surface area (Å²) in [7, 11) is 0. The van der Waals surface area contributed by atoms with E-state index in [0.29, 0.717) is 36.0 Å². The Bertz CT molecular complexity index is 829. The summed E-state index contributed by atoms with van der Waals surface area (Å²) in [5, 5.41) is 2.90. The maximum absolute atomic E-state index is 12.5. The maximum atomic E-state index is 12.5. The summed E-state index contributed by atoms with van der Waals surface area (Å²) >= 11 is 0. The Balaban J connectivity index is 1.70. The Morgan fingerprint density at radius 2 is 1.65 bits per heavy atom. The number of nitrogens with one attached hydrogen (secondary N) is 1. The summed E-state index contributed by atoms with van der Waals surface area (Å²) in [6.07, 6.45) is 1.89. The first-order valence-corrected chi connectivity index (χ1v) is 8.83. The van der Waals surface area contributed by atoms with E-state index in [1.165, 1.54) is 5.56 Å². The van der Waals surface area contributed by atoms with Crippen LogP contribution in [0.5, 0.6) is 11.5 Å². The molecule has 2 aromatic carbocycles. The number of benzene rings is 2. The summed E-state index contributed by atoms with van der Waals surface area (Å²) in [5.41, 5.74) is 3.73. The molecule has 4 nitrogen and oxygen atoms in total. The number of fused-ring (bicyclic) bond motifs is 1. The zero-order chi connectivity index (χ0) is 18.7. The monoisotopic (exact) mass is 351 g/mol. The van der Waals surface area contributed by atoms with E-state index >= 15 is 0 Å². The maximum Gasteiger partial charge on any atom is 0.251 e. The van der Waals surface area contributed by atoms with Crippen molar-refractivity contribution < 1.29 is 14.3 Å². The highest BCUT2D eigenvalue weighted by Gasteiger charge is 2.14. The van der Waals surface area contributed by atoms with Gasteiger partial charge in [0, 0.05) is 17.3 Å². The fourth-order valence-electron chi connectivity index (χ4n) is 2.75. The Hall–Kier alpha value is -2.75. The van der Waals surface area contributed by atoms with Crippen LogP contribution in [0.4, 0.5) is 5.69 Å². The molecule has 0 aromatic heterocycles. The van der Waals surface area contributed by atoms with Gasteiger partial charge in [-0.1, -0.05) is 45.0 Å². The predicted octanol–water partition coefficient (Wildman–Crippen LogP) is 4.80. The molecular formula is C22H25NO3. The number of hydrogen-bond acceptors (Lipinski definition) is 3. The van der Waals surface area contributed by atoms with E-state index in [-0.39, 0.29) is 11.3 Å². The first-order valence-electron chi connectivity index (χ1n) is 8.83. The minimum Gasteiger partial charge on any atom is -0.486 e. The van der Waals surface area contributed by atoms with Crippen molar-refractivity contribution in [3.05, 3.63) is 59.2 Å². The van der Waals surface area contributed by atoms with Gasteiger partial charge in [-0.3, -0.25) is 4.79 Å². The van der Waals surface area contributed by atoms with Gasteiger partial charge < -0.3 is 14.8 Å². The number of hydrogen-bond donors (Lipinski definition) is 1. The van der Waals surface area contributed by atoms with Crippen LogP contribution in [0.3, 0.4) is 0 Å². The molecule has 0 saturated heterocycles. The number of carbonyl (C=O) groups is 1. The summed E-state index contributed by atoms with van der Waals surface area (Å²) in [6, 6.07) is 13.7. The van der Waals surface area contributed by atoms with Gasteiger partial charge >= 0.3 is 0 Å². The summed E-state index contributed by atoms with van der Waals surface area (Å²) in [4.78, 5) is 12.5. The van der Waals surface area contributed by atoms with Crippen LogP contribution in [-0.4, -0.2) is 19.1 Å². The molecule has 0 saturated carbocycles. The third-order valence-electron chi connectivity index (χ3n) is 4.32. The second kappa shape index (κ2) is 7.24. The van der Waals surface area contributed by atoms with Gasteiger partial charge in [0.2, 0.25) is 0 Å². The molecule has 0 spiro atoms. The lowest BCUT2D eigenvalue weighted by Crippen LogP contribution is -2.16. The predicted molar refractivity (Wildman–Crippen MR) is 105 cm³/mol. The number of rotatable bonds is 3. The first kappa shape index (κ1) is 18.1. The van der Waals surface area contributed by atoms with Crippen LogP contribution in [-0.2, 0) is 10.2 Å². The number of ether oxygens (including phenoxy) is 2. The van der Waals surface area contributed by atoms with Crippen molar-refractivity contribution in [2.45, 2.75) is 33.1 Å². The van der Waals surface area contributed by atoms with E-state index in [2.05, 4.69) is 38.2 Å². The van der Waals surface area contributed by atoms with Gasteiger partial charge in [0.25, 0.3) is 5.91 Å². The van der Waals surface area contributed by atoms with Crippen molar-refractivity contribution in [1.82, 2.24) is 0 Å². The lowest BCUT2D eigenvalue weighted by Gasteiger charge is -2.19. The average molecular weight is 351 g/mol. The van der Waals surface area contributed by atoms with Crippen molar-refractivity contribution >= 4 is 17.7 Å². The van der Waals surface area contributed by atoms with E-state index < -0.39 is 0 Å². The Morgan fingerprint density at radius 3 is 2.31 bits per heavy atom. The third kappa shape index (κ3) is 4.26. The molecule has 4 heteroatoms. The molecule has 26 heavy (non-hydrogen) atoms. The fraction of sp³-hybridized carbons (Fsp3) is 0.318. The molecule has 1 aliphatic heterocycles. The molecule has 1 N–H and O–H groups in total. The first-order chi connectivity index (χ1) is 12.3. The number of carbonyl (C=O) groups excluding carboxylic acids is 1. The molecule has 1 heterocycles. The minimum atomic E-state index is -0.137. The molecule has 3 rings (SSSR count). The van der Waals surface area contributed by atoms with Crippen molar-refractivity contribution in [3.63, 3.8) is 0 Å². The molecule has 0 unspecified atom stereocenters. The minimum absolute atomic E-state index is 0.118. The van der Waals surface area contributed by atoms with Crippen molar-refractivity contribution in [3.8, 4) is 11.5 Å². The number of amides is 1. The molecule has 1 aliphatic rings. The SMILES string of the molecule is CC(=Cc1ccc(C(C)(C)C)cc1)C(=O)Nc1ccc2c(c1)OCCO2.